The first-order chi connectivity index (χ1) is 11.4. The molecule has 24 heavy (non-hydrogen) atoms. The van der Waals surface area contributed by atoms with E-state index in [1.54, 1.807) is 31.2 Å². The number of fused-ring (bicyclic) bond motifs is 1. The topological polar surface area (TPSA) is 76.4 Å². The number of nitrogens with one attached hydrogen (secondary N) is 1. The van der Waals surface area contributed by atoms with Crippen LogP contribution < -0.4 is 10.3 Å². The van der Waals surface area contributed by atoms with Crippen molar-refractivity contribution < 1.29 is 12.8 Å². The number of hydrogen-bond acceptors (Lipinski definition) is 4. The first-order valence-electron chi connectivity index (χ1n) is 7.17. The zero-order valence-electron chi connectivity index (χ0n) is 12.7. The lowest BCUT2D eigenvalue weighted by Gasteiger charge is -2.16. The summed E-state index contributed by atoms with van der Waals surface area (Å²) in [5.41, 5.74) is 0.540. The van der Waals surface area contributed by atoms with Gasteiger partial charge in [-0.1, -0.05) is 29.8 Å². The molecule has 2 aromatic carbocycles. The van der Waals surface area contributed by atoms with Crippen LogP contribution in [0.15, 0.2) is 68.7 Å². The standard InChI is InChI=1S/C17H14ClNO4S/c1-11(14-4-2-3-5-15(14)18)19-24(21,22)13-7-8-16-12(10-13)6-9-17(20)23-16/h2-11,19H,1H3. The number of rotatable bonds is 4. The number of benzene rings is 2. The average Bonchev–Trinajstić information content (AvgIpc) is 2.54. The molecule has 0 aliphatic carbocycles. The van der Waals surface area contributed by atoms with Crippen LogP contribution >= 0.6 is 11.6 Å². The summed E-state index contributed by atoms with van der Waals surface area (Å²) >= 11 is 6.11. The number of hydrogen-bond donors (Lipinski definition) is 1. The van der Waals surface area contributed by atoms with Gasteiger partial charge in [0.25, 0.3) is 0 Å². The predicted octanol–water partition coefficient (Wildman–Crippen LogP) is 3.49. The van der Waals surface area contributed by atoms with Crippen LogP contribution in [0.5, 0.6) is 0 Å². The summed E-state index contributed by atoms with van der Waals surface area (Å²) in [6.07, 6.45) is 0. The first-order valence-corrected chi connectivity index (χ1v) is 9.03. The molecule has 5 nitrogen and oxygen atoms in total. The normalized spacial score (nSPS) is 13.1. The van der Waals surface area contributed by atoms with Crippen molar-refractivity contribution in [2.75, 3.05) is 0 Å². The van der Waals surface area contributed by atoms with E-state index in [0.29, 0.717) is 21.6 Å². The Morgan fingerprint density at radius 2 is 1.83 bits per heavy atom. The fraction of sp³-hybridized carbons (Fsp3) is 0.118. The van der Waals surface area contributed by atoms with E-state index in [4.69, 9.17) is 16.0 Å². The van der Waals surface area contributed by atoms with Crippen molar-refractivity contribution in [1.29, 1.82) is 0 Å². The molecule has 124 valence electrons. The Bertz CT molecular complexity index is 1060. The molecule has 0 saturated carbocycles. The van der Waals surface area contributed by atoms with Gasteiger partial charge in [-0.05, 0) is 42.8 Å². The molecule has 0 fully saturated rings. The minimum atomic E-state index is -3.75. The van der Waals surface area contributed by atoms with Crippen molar-refractivity contribution >= 4 is 32.6 Å². The highest BCUT2D eigenvalue weighted by molar-refractivity contribution is 7.89. The number of sulfonamides is 1. The van der Waals surface area contributed by atoms with Crippen LogP contribution in [0, 0.1) is 0 Å². The van der Waals surface area contributed by atoms with Crippen LogP contribution in [0.3, 0.4) is 0 Å². The van der Waals surface area contributed by atoms with E-state index in [0.717, 1.165) is 0 Å². The fourth-order valence-corrected chi connectivity index (χ4v) is 3.96. The van der Waals surface area contributed by atoms with Gasteiger partial charge in [-0.15, -0.1) is 0 Å². The van der Waals surface area contributed by atoms with Crippen LogP contribution in [-0.2, 0) is 10.0 Å². The summed E-state index contributed by atoms with van der Waals surface area (Å²) in [7, 11) is -3.75. The van der Waals surface area contributed by atoms with Crippen LogP contribution in [-0.4, -0.2) is 8.42 Å². The molecule has 3 aromatic rings. The third kappa shape index (κ3) is 3.36. The van der Waals surface area contributed by atoms with E-state index in [9.17, 15) is 13.2 Å². The van der Waals surface area contributed by atoms with Gasteiger partial charge in [0, 0.05) is 22.5 Å². The summed E-state index contributed by atoms with van der Waals surface area (Å²) in [5.74, 6) is 0. The van der Waals surface area contributed by atoms with Crippen molar-refractivity contribution in [3.8, 4) is 0 Å². The molecular weight excluding hydrogens is 350 g/mol. The Morgan fingerprint density at radius 3 is 2.58 bits per heavy atom. The molecule has 0 aliphatic heterocycles. The molecular formula is C17H14ClNO4S. The third-order valence-electron chi connectivity index (χ3n) is 3.60. The monoisotopic (exact) mass is 363 g/mol. The van der Waals surface area contributed by atoms with Crippen LogP contribution in [0.1, 0.15) is 18.5 Å². The van der Waals surface area contributed by atoms with Gasteiger partial charge >= 0.3 is 5.63 Å². The van der Waals surface area contributed by atoms with Gasteiger partial charge in [0.05, 0.1) is 4.90 Å². The van der Waals surface area contributed by atoms with Gasteiger partial charge in [0.2, 0.25) is 10.0 Å². The second kappa shape index (κ2) is 6.39. The highest BCUT2D eigenvalue weighted by Crippen LogP contribution is 2.25. The van der Waals surface area contributed by atoms with Crippen molar-refractivity contribution in [2.45, 2.75) is 17.9 Å². The maximum absolute atomic E-state index is 12.6. The summed E-state index contributed by atoms with van der Waals surface area (Å²) in [5, 5.41) is 1.02. The zero-order valence-corrected chi connectivity index (χ0v) is 14.3. The van der Waals surface area contributed by atoms with E-state index in [2.05, 4.69) is 4.72 Å². The Kier molecular flexibility index (Phi) is 4.45. The molecule has 1 atom stereocenters. The summed E-state index contributed by atoms with van der Waals surface area (Å²) in [4.78, 5) is 11.3. The molecule has 3 rings (SSSR count). The summed E-state index contributed by atoms with van der Waals surface area (Å²) in [6.45, 7) is 1.72. The molecule has 0 bridgehead atoms. The van der Waals surface area contributed by atoms with Gasteiger partial charge in [-0.25, -0.2) is 17.9 Å². The smallest absolute Gasteiger partial charge is 0.336 e. The quantitative estimate of drug-likeness (QED) is 0.720. The Hall–Kier alpha value is -2.15. The SMILES string of the molecule is CC(NS(=O)(=O)c1ccc2oc(=O)ccc2c1)c1ccccc1Cl. The third-order valence-corrected chi connectivity index (χ3v) is 5.49. The van der Waals surface area contributed by atoms with Crippen molar-refractivity contribution in [3.05, 3.63) is 75.6 Å². The van der Waals surface area contributed by atoms with Gasteiger partial charge < -0.3 is 4.42 Å². The zero-order chi connectivity index (χ0) is 17.3. The highest BCUT2D eigenvalue weighted by Gasteiger charge is 2.20. The van der Waals surface area contributed by atoms with Gasteiger partial charge in [0.1, 0.15) is 5.58 Å². The lowest BCUT2D eigenvalue weighted by atomic mass is 10.1. The molecule has 0 aliphatic rings. The summed E-state index contributed by atoms with van der Waals surface area (Å²) < 4.78 is 32.8. The first kappa shape index (κ1) is 16.7. The van der Waals surface area contributed by atoms with E-state index >= 15 is 0 Å². The Balaban J connectivity index is 1.94. The molecule has 0 radical (unpaired) electrons. The average molecular weight is 364 g/mol. The van der Waals surface area contributed by atoms with Crippen LogP contribution in [0.2, 0.25) is 5.02 Å². The van der Waals surface area contributed by atoms with Crippen LogP contribution in [0.25, 0.3) is 11.0 Å². The van der Waals surface area contributed by atoms with Crippen molar-refractivity contribution in [1.82, 2.24) is 4.72 Å². The lowest BCUT2D eigenvalue weighted by Crippen LogP contribution is -2.27. The Labute approximate surface area is 143 Å². The second-order valence-electron chi connectivity index (χ2n) is 5.32. The minimum absolute atomic E-state index is 0.0859. The Morgan fingerprint density at radius 1 is 1.08 bits per heavy atom. The fourth-order valence-electron chi connectivity index (χ4n) is 2.41. The van der Waals surface area contributed by atoms with Crippen molar-refractivity contribution in [2.24, 2.45) is 0 Å². The largest absolute Gasteiger partial charge is 0.423 e. The predicted molar refractivity (Wildman–Crippen MR) is 92.7 cm³/mol. The van der Waals surface area contributed by atoms with Gasteiger partial charge in [-0.3, -0.25) is 0 Å². The van der Waals surface area contributed by atoms with Crippen LogP contribution in [0.4, 0.5) is 0 Å². The van der Waals surface area contributed by atoms with E-state index in [1.165, 1.54) is 30.3 Å². The maximum atomic E-state index is 12.6. The molecule has 0 spiro atoms. The van der Waals surface area contributed by atoms with Gasteiger partial charge in [-0.2, -0.15) is 0 Å². The molecule has 1 unspecified atom stereocenters. The molecule has 0 amide bonds. The maximum Gasteiger partial charge on any atom is 0.336 e. The lowest BCUT2D eigenvalue weighted by molar-refractivity contribution is 0.559. The number of halogens is 1. The molecule has 1 aromatic heterocycles. The van der Waals surface area contributed by atoms with E-state index in [1.807, 2.05) is 0 Å². The summed E-state index contributed by atoms with van der Waals surface area (Å²) in [6, 6.07) is 13.7. The van der Waals surface area contributed by atoms with Crippen molar-refractivity contribution in [3.63, 3.8) is 0 Å². The van der Waals surface area contributed by atoms with Gasteiger partial charge in [0.15, 0.2) is 0 Å². The molecule has 1 heterocycles. The minimum Gasteiger partial charge on any atom is -0.423 e. The highest BCUT2D eigenvalue weighted by atomic mass is 35.5. The van der Waals surface area contributed by atoms with E-state index in [-0.39, 0.29) is 4.90 Å². The second-order valence-corrected chi connectivity index (χ2v) is 7.44. The molecule has 1 N–H and O–H groups in total. The molecule has 0 saturated heterocycles. The van der Waals surface area contributed by atoms with E-state index < -0.39 is 21.7 Å². The molecule has 7 heteroatoms.